The summed E-state index contributed by atoms with van der Waals surface area (Å²) in [5.41, 5.74) is 1.28. The van der Waals surface area contributed by atoms with Crippen LogP contribution in [0.3, 0.4) is 0 Å². The number of fused-ring (bicyclic) bond motifs is 1. The predicted octanol–water partition coefficient (Wildman–Crippen LogP) is 2.23. The van der Waals surface area contributed by atoms with Crippen molar-refractivity contribution in [3.05, 3.63) is 24.3 Å². The minimum Gasteiger partial charge on any atom is -0.341 e. The van der Waals surface area contributed by atoms with Crippen LogP contribution in [0, 0.1) is 0 Å². The standard InChI is InChI=1S/C17H23N3O3S/c1-13(2)24(22,23)17-18-14-8-4-5-9-15(14)20(17)12-16(21)19-10-6-3-7-11-19/h4-5,8-9,13H,3,6-7,10-12H2,1-2H3. The molecule has 0 aliphatic carbocycles. The van der Waals surface area contributed by atoms with Gasteiger partial charge in [0, 0.05) is 13.1 Å². The topological polar surface area (TPSA) is 72.3 Å². The molecule has 24 heavy (non-hydrogen) atoms. The number of likely N-dealkylation sites (tertiary alicyclic amines) is 1. The van der Waals surface area contributed by atoms with Crippen molar-refractivity contribution < 1.29 is 13.2 Å². The number of sulfone groups is 1. The third-order valence-corrected chi connectivity index (χ3v) is 6.56. The summed E-state index contributed by atoms with van der Waals surface area (Å²) < 4.78 is 26.9. The molecular formula is C17H23N3O3S. The molecule has 0 spiro atoms. The third-order valence-electron chi connectivity index (χ3n) is 4.50. The first-order chi connectivity index (χ1) is 11.4. The second-order valence-corrected chi connectivity index (χ2v) is 8.90. The number of carbonyl (C=O) groups is 1. The van der Waals surface area contributed by atoms with E-state index in [0.29, 0.717) is 11.0 Å². The van der Waals surface area contributed by atoms with Crippen molar-refractivity contribution in [1.29, 1.82) is 0 Å². The summed E-state index contributed by atoms with van der Waals surface area (Å²) in [6.45, 7) is 4.77. The SMILES string of the molecule is CC(C)S(=O)(=O)c1nc2ccccc2n1CC(=O)N1CCCCC1. The summed E-state index contributed by atoms with van der Waals surface area (Å²) >= 11 is 0. The first-order valence-electron chi connectivity index (χ1n) is 8.38. The zero-order valence-electron chi connectivity index (χ0n) is 14.1. The molecular weight excluding hydrogens is 326 g/mol. The number of piperidine rings is 1. The maximum atomic E-state index is 12.7. The van der Waals surface area contributed by atoms with Gasteiger partial charge in [-0.1, -0.05) is 12.1 Å². The molecule has 7 heteroatoms. The highest BCUT2D eigenvalue weighted by molar-refractivity contribution is 7.91. The minimum absolute atomic E-state index is 0.0101. The van der Waals surface area contributed by atoms with Crippen LogP contribution in [0.5, 0.6) is 0 Å². The maximum absolute atomic E-state index is 12.7. The fourth-order valence-corrected chi connectivity index (χ4v) is 4.13. The van der Waals surface area contributed by atoms with E-state index in [1.807, 2.05) is 23.1 Å². The molecule has 1 aliphatic rings. The number of aromatic nitrogens is 2. The van der Waals surface area contributed by atoms with Gasteiger partial charge in [0.05, 0.1) is 16.3 Å². The van der Waals surface area contributed by atoms with Gasteiger partial charge in [-0.3, -0.25) is 4.79 Å². The van der Waals surface area contributed by atoms with Crippen molar-refractivity contribution in [3.8, 4) is 0 Å². The number of hydrogen-bond donors (Lipinski definition) is 0. The van der Waals surface area contributed by atoms with Gasteiger partial charge in [0.1, 0.15) is 6.54 Å². The van der Waals surface area contributed by atoms with Crippen molar-refractivity contribution in [2.24, 2.45) is 0 Å². The summed E-state index contributed by atoms with van der Waals surface area (Å²) in [7, 11) is -3.56. The average Bonchev–Trinajstić information content (AvgIpc) is 2.95. The molecule has 1 aromatic carbocycles. The molecule has 0 atom stereocenters. The molecule has 1 aliphatic heterocycles. The Morgan fingerprint density at radius 2 is 1.83 bits per heavy atom. The van der Waals surface area contributed by atoms with Crippen molar-refractivity contribution in [2.45, 2.75) is 50.1 Å². The molecule has 2 heterocycles. The van der Waals surface area contributed by atoms with E-state index in [9.17, 15) is 13.2 Å². The van der Waals surface area contributed by atoms with Crippen molar-refractivity contribution >= 4 is 26.8 Å². The van der Waals surface area contributed by atoms with Crippen LogP contribution in [0.1, 0.15) is 33.1 Å². The molecule has 0 radical (unpaired) electrons. The van der Waals surface area contributed by atoms with E-state index < -0.39 is 15.1 Å². The van der Waals surface area contributed by atoms with Gasteiger partial charge in [-0.15, -0.1) is 0 Å². The molecule has 6 nitrogen and oxygen atoms in total. The Morgan fingerprint density at radius 3 is 2.50 bits per heavy atom. The highest BCUT2D eigenvalue weighted by Crippen LogP contribution is 2.23. The third kappa shape index (κ3) is 3.05. The first kappa shape index (κ1) is 17.0. The zero-order valence-corrected chi connectivity index (χ0v) is 14.9. The number of benzene rings is 1. The second-order valence-electron chi connectivity index (χ2n) is 6.50. The van der Waals surface area contributed by atoms with Crippen LogP contribution >= 0.6 is 0 Å². The number of nitrogens with zero attached hydrogens (tertiary/aromatic N) is 3. The normalized spacial score (nSPS) is 16.0. The number of carbonyl (C=O) groups excluding carboxylic acids is 1. The van der Waals surface area contributed by atoms with E-state index in [-0.39, 0.29) is 17.6 Å². The van der Waals surface area contributed by atoms with Gasteiger partial charge in [0.15, 0.2) is 0 Å². The lowest BCUT2D eigenvalue weighted by atomic mass is 10.1. The lowest BCUT2D eigenvalue weighted by Gasteiger charge is -2.27. The lowest BCUT2D eigenvalue weighted by molar-refractivity contribution is -0.132. The highest BCUT2D eigenvalue weighted by Gasteiger charge is 2.28. The number of imidazole rings is 1. The van der Waals surface area contributed by atoms with Crippen LogP contribution in [-0.4, -0.2) is 47.1 Å². The Labute approximate surface area is 142 Å². The molecule has 2 aromatic rings. The van der Waals surface area contributed by atoms with Crippen LogP contribution in [0.2, 0.25) is 0 Å². The monoisotopic (exact) mass is 349 g/mol. The molecule has 3 rings (SSSR count). The van der Waals surface area contributed by atoms with Crippen LogP contribution in [0.15, 0.2) is 29.4 Å². The summed E-state index contributed by atoms with van der Waals surface area (Å²) in [6.07, 6.45) is 3.16. The minimum atomic E-state index is -3.56. The molecule has 1 saturated heterocycles. The second kappa shape index (κ2) is 6.55. The van der Waals surface area contributed by atoms with Gasteiger partial charge in [0.25, 0.3) is 0 Å². The van der Waals surface area contributed by atoms with Crippen LogP contribution in [0.25, 0.3) is 11.0 Å². The molecule has 0 bridgehead atoms. The van der Waals surface area contributed by atoms with E-state index in [0.717, 1.165) is 32.4 Å². The number of amides is 1. The Bertz CT molecular complexity index is 849. The summed E-state index contributed by atoms with van der Waals surface area (Å²) in [6, 6.07) is 7.23. The average molecular weight is 349 g/mol. The van der Waals surface area contributed by atoms with Gasteiger partial charge >= 0.3 is 0 Å². The molecule has 1 fully saturated rings. The maximum Gasteiger partial charge on any atom is 0.242 e. The largest absolute Gasteiger partial charge is 0.341 e. The highest BCUT2D eigenvalue weighted by atomic mass is 32.2. The van der Waals surface area contributed by atoms with E-state index in [1.54, 1.807) is 24.5 Å². The Balaban J connectivity index is 2.03. The zero-order chi connectivity index (χ0) is 17.3. The van der Waals surface area contributed by atoms with E-state index in [1.165, 1.54) is 0 Å². The summed E-state index contributed by atoms with van der Waals surface area (Å²) in [5.74, 6) is -0.0435. The van der Waals surface area contributed by atoms with E-state index in [2.05, 4.69) is 4.98 Å². The van der Waals surface area contributed by atoms with Crippen molar-refractivity contribution in [3.63, 3.8) is 0 Å². The van der Waals surface area contributed by atoms with E-state index >= 15 is 0 Å². The van der Waals surface area contributed by atoms with Gasteiger partial charge < -0.3 is 9.47 Å². The molecule has 1 aromatic heterocycles. The summed E-state index contributed by atoms with van der Waals surface area (Å²) in [5, 5.41) is -0.595. The molecule has 1 amide bonds. The van der Waals surface area contributed by atoms with Crippen LogP contribution in [0.4, 0.5) is 0 Å². The van der Waals surface area contributed by atoms with Crippen LogP contribution < -0.4 is 0 Å². The lowest BCUT2D eigenvalue weighted by Crippen LogP contribution is -2.38. The Hall–Kier alpha value is -1.89. The quantitative estimate of drug-likeness (QED) is 0.848. The van der Waals surface area contributed by atoms with Gasteiger partial charge in [-0.25, -0.2) is 13.4 Å². The van der Waals surface area contributed by atoms with Gasteiger partial charge in [-0.05, 0) is 45.2 Å². The van der Waals surface area contributed by atoms with Gasteiger partial charge in [-0.2, -0.15) is 0 Å². The number of para-hydroxylation sites is 2. The Kier molecular flexibility index (Phi) is 4.62. The molecule has 0 N–H and O–H groups in total. The smallest absolute Gasteiger partial charge is 0.242 e. The molecule has 0 saturated carbocycles. The van der Waals surface area contributed by atoms with Gasteiger partial charge in [0.2, 0.25) is 20.9 Å². The van der Waals surface area contributed by atoms with E-state index in [4.69, 9.17) is 0 Å². The fourth-order valence-electron chi connectivity index (χ4n) is 3.01. The molecule has 130 valence electrons. The summed E-state index contributed by atoms with van der Waals surface area (Å²) in [4.78, 5) is 18.8. The first-order valence-corrected chi connectivity index (χ1v) is 9.93. The molecule has 0 unspecified atom stereocenters. The Morgan fingerprint density at radius 1 is 1.17 bits per heavy atom. The predicted molar refractivity (Wildman–Crippen MR) is 92.5 cm³/mol. The van der Waals surface area contributed by atoms with Crippen molar-refractivity contribution in [2.75, 3.05) is 13.1 Å². The number of hydrogen-bond acceptors (Lipinski definition) is 4. The fraction of sp³-hybridized carbons (Fsp3) is 0.529. The van der Waals surface area contributed by atoms with Crippen LogP contribution in [-0.2, 0) is 21.2 Å². The van der Waals surface area contributed by atoms with Crippen molar-refractivity contribution in [1.82, 2.24) is 14.5 Å². The number of rotatable bonds is 4.